The van der Waals surface area contributed by atoms with Crippen molar-refractivity contribution >= 4 is 9.84 Å². The standard InChI is InChI=1S/C11H24N2O3S/c1-11(14,9-13(2)3)8-12-10-4-6-17(15,16)7-5-10/h10,12,14H,4-9H2,1-3H3. The van der Waals surface area contributed by atoms with E-state index in [0.717, 1.165) is 0 Å². The first-order chi connectivity index (χ1) is 7.70. The molecule has 0 aliphatic carbocycles. The summed E-state index contributed by atoms with van der Waals surface area (Å²) in [6.07, 6.45) is 1.31. The first kappa shape index (κ1) is 14.9. The van der Waals surface area contributed by atoms with Crippen molar-refractivity contribution in [2.75, 3.05) is 38.7 Å². The SMILES string of the molecule is CN(C)CC(C)(O)CNC1CCS(=O)(=O)CC1. The van der Waals surface area contributed by atoms with Gasteiger partial charge in [0.05, 0.1) is 17.1 Å². The number of likely N-dealkylation sites (N-methyl/N-ethyl adjacent to an activating group) is 1. The van der Waals surface area contributed by atoms with Crippen molar-refractivity contribution in [2.45, 2.75) is 31.4 Å². The molecule has 6 heteroatoms. The van der Waals surface area contributed by atoms with Gasteiger partial charge in [-0.15, -0.1) is 0 Å². The lowest BCUT2D eigenvalue weighted by molar-refractivity contribution is 0.0310. The fraction of sp³-hybridized carbons (Fsp3) is 1.00. The van der Waals surface area contributed by atoms with Crippen LogP contribution in [0, 0.1) is 0 Å². The first-order valence-electron chi connectivity index (χ1n) is 6.01. The number of rotatable bonds is 5. The van der Waals surface area contributed by atoms with Crippen LogP contribution >= 0.6 is 0 Å². The highest BCUT2D eigenvalue weighted by molar-refractivity contribution is 7.91. The number of sulfone groups is 1. The van der Waals surface area contributed by atoms with Crippen molar-refractivity contribution in [1.29, 1.82) is 0 Å². The third-order valence-corrected chi connectivity index (χ3v) is 4.70. The van der Waals surface area contributed by atoms with Gasteiger partial charge in [-0.1, -0.05) is 0 Å². The number of nitrogens with zero attached hydrogens (tertiary/aromatic N) is 1. The van der Waals surface area contributed by atoms with Gasteiger partial charge < -0.3 is 15.3 Å². The summed E-state index contributed by atoms with van der Waals surface area (Å²) < 4.78 is 22.5. The Morgan fingerprint density at radius 1 is 1.35 bits per heavy atom. The van der Waals surface area contributed by atoms with Crippen molar-refractivity contribution in [2.24, 2.45) is 0 Å². The third-order valence-electron chi connectivity index (χ3n) is 2.98. The summed E-state index contributed by atoms with van der Waals surface area (Å²) in [7, 11) is 1.04. The van der Waals surface area contributed by atoms with E-state index in [1.807, 2.05) is 19.0 Å². The Morgan fingerprint density at radius 2 is 1.88 bits per heavy atom. The smallest absolute Gasteiger partial charge is 0.150 e. The molecule has 0 aromatic carbocycles. The summed E-state index contributed by atoms with van der Waals surface area (Å²) in [6, 6.07) is 0.215. The molecule has 1 aliphatic rings. The molecule has 1 aliphatic heterocycles. The third kappa shape index (κ3) is 5.81. The molecular formula is C11H24N2O3S. The molecule has 1 atom stereocenters. The lowest BCUT2D eigenvalue weighted by Crippen LogP contribution is -2.49. The second kappa shape index (κ2) is 5.65. The van der Waals surface area contributed by atoms with Crippen LogP contribution in [0.4, 0.5) is 0 Å². The van der Waals surface area contributed by atoms with E-state index in [1.54, 1.807) is 6.92 Å². The maximum atomic E-state index is 11.3. The minimum Gasteiger partial charge on any atom is -0.388 e. The second-order valence-electron chi connectivity index (χ2n) is 5.54. The molecule has 1 unspecified atom stereocenters. The zero-order valence-corrected chi connectivity index (χ0v) is 11.8. The summed E-state index contributed by atoms with van der Waals surface area (Å²) in [5, 5.41) is 13.4. The monoisotopic (exact) mass is 264 g/mol. The molecule has 5 nitrogen and oxygen atoms in total. The average molecular weight is 264 g/mol. The van der Waals surface area contributed by atoms with Crippen LogP contribution < -0.4 is 5.32 Å². The highest BCUT2D eigenvalue weighted by Crippen LogP contribution is 2.13. The molecule has 1 fully saturated rings. The number of nitrogens with one attached hydrogen (secondary N) is 1. The van der Waals surface area contributed by atoms with Crippen LogP contribution in [0.5, 0.6) is 0 Å². The summed E-state index contributed by atoms with van der Waals surface area (Å²) in [4.78, 5) is 1.94. The topological polar surface area (TPSA) is 69.6 Å². The minimum atomic E-state index is -2.80. The van der Waals surface area contributed by atoms with Gasteiger partial charge in [0, 0.05) is 19.1 Å². The number of hydrogen-bond donors (Lipinski definition) is 2. The summed E-state index contributed by atoms with van der Waals surface area (Å²) in [5.41, 5.74) is -0.778. The molecule has 1 heterocycles. The van der Waals surface area contributed by atoms with Crippen LogP contribution in [0.1, 0.15) is 19.8 Å². The molecule has 0 radical (unpaired) electrons. The van der Waals surface area contributed by atoms with E-state index in [0.29, 0.717) is 25.9 Å². The quantitative estimate of drug-likeness (QED) is 0.698. The fourth-order valence-corrected chi connectivity index (χ4v) is 3.69. The minimum absolute atomic E-state index is 0.215. The highest BCUT2D eigenvalue weighted by atomic mass is 32.2. The highest BCUT2D eigenvalue weighted by Gasteiger charge is 2.26. The molecule has 2 N–H and O–H groups in total. The molecule has 102 valence electrons. The van der Waals surface area contributed by atoms with Crippen molar-refractivity contribution < 1.29 is 13.5 Å². The van der Waals surface area contributed by atoms with Crippen molar-refractivity contribution in [1.82, 2.24) is 10.2 Å². The summed E-state index contributed by atoms with van der Waals surface area (Å²) in [5.74, 6) is 0.529. The van der Waals surface area contributed by atoms with Crippen molar-refractivity contribution in [3.8, 4) is 0 Å². The molecular weight excluding hydrogens is 240 g/mol. The zero-order chi connectivity index (χ0) is 13.1. The molecule has 17 heavy (non-hydrogen) atoms. The van der Waals surface area contributed by atoms with Gasteiger partial charge in [-0.2, -0.15) is 0 Å². The Morgan fingerprint density at radius 3 is 2.35 bits per heavy atom. The predicted octanol–water partition coefficient (Wildman–Crippen LogP) is -0.534. The van der Waals surface area contributed by atoms with E-state index in [-0.39, 0.29) is 17.5 Å². The van der Waals surface area contributed by atoms with Gasteiger partial charge in [0.2, 0.25) is 0 Å². The van der Waals surface area contributed by atoms with Gasteiger partial charge >= 0.3 is 0 Å². The second-order valence-corrected chi connectivity index (χ2v) is 7.85. The van der Waals surface area contributed by atoms with Crippen LogP contribution in [0.2, 0.25) is 0 Å². The van der Waals surface area contributed by atoms with Gasteiger partial charge in [0.15, 0.2) is 0 Å². The van der Waals surface area contributed by atoms with Crippen LogP contribution in [0.15, 0.2) is 0 Å². The molecule has 0 amide bonds. The Labute approximate surface area is 104 Å². The maximum absolute atomic E-state index is 11.3. The van der Waals surface area contributed by atoms with E-state index < -0.39 is 15.4 Å². The summed E-state index contributed by atoms with van der Waals surface area (Å²) >= 11 is 0. The van der Waals surface area contributed by atoms with Crippen LogP contribution in [-0.4, -0.2) is 68.8 Å². The van der Waals surface area contributed by atoms with Crippen LogP contribution in [0.25, 0.3) is 0 Å². The van der Waals surface area contributed by atoms with Gasteiger partial charge in [0.25, 0.3) is 0 Å². The molecule has 0 bridgehead atoms. The van der Waals surface area contributed by atoms with Gasteiger partial charge in [-0.3, -0.25) is 0 Å². The Bertz CT molecular complexity index is 325. The Kier molecular flexibility index (Phi) is 4.95. The molecule has 0 aromatic heterocycles. The van der Waals surface area contributed by atoms with E-state index in [1.165, 1.54) is 0 Å². The number of hydrogen-bond acceptors (Lipinski definition) is 5. The van der Waals surface area contributed by atoms with Gasteiger partial charge in [0.1, 0.15) is 9.84 Å². The first-order valence-corrected chi connectivity index (χ1v) is 7.83. The zero-order valence-electron chi connectivity index (χ0n) is 10.9. The van der Waals surface area contributed by atoms with E-state index in [9.17, 15) is 13.5 Å². The Balaban J connectivity index is 2.32. The largest absolute Gasteiger partial charge is 0.388 e. The van der Waals surface area contributed by atoms with Crippen molar-refractivity contribution in [3.63, 3.8) is 0 Å². The molecule has 0 aromatic rings. The molecule has 1 rings (SSSR count). The average Bonchev–Trinajstić information content (AvgIpc) is 2.14. The molecule has 1 saturated heterocycles. The van der Waals surface area contributed by atoms with E-state index in [4.69, 9.17) is 0 Å². The maximum Gasteiger partial charge on any atom is 0.150 e. The van der Waals surface area contributed by atoms with Crippen LogP contribution in [-0.2, 0) is 9.84 Å². The van der Waals surface area contributed by atoms with E-state index >= 15 is 0 Å². The van der Waals surface area contributed by atoms with Crippen molar-refractivity contribution in [3.05, 3.63) is 0 Å². The Hall–Kier alpha value is -0.170. The normalized spacial score (nSPS) is 24.8. The van der Waals surface area contributed by atoms with Crippen LogP contribution in [0.3, 0.4) is 0 Å². The number of aliphatic hydroxyl groups is 1. The predicted molar refractivity (Wildman–Crippen MR) is 68.9 cm³/mol. The fourth-order valence-electron chi connectivity index (χ4n) is 2.20. The molecule has 0 saturated carbocycles. The van der Waals surface area contributed by atoms with Gasteiger partial charge in [-0.05, 0) is 33.9 Å². The van der Waals surface area contributed by atoms with Gasteiger partial charge in [-0.25, -0.2) is 8.42 Å². The lowest BCUT2D eigenvalue weighted by atomic mass is 10.1. The summed E-state index contributed by atoms with van der Waals surface area (Å²) in [6.45, 7) is 2.88. The lowest BCUT2D eigenvalue weighted by Gasteiger charge is -2.31. The molecule has 0 spiro atoms. The van der Waals surface area contributed by atoms with E-state index in [2.05, 4.69) is 5.32 Å².